The summed E-state index contributed by atoms with van der Waals surface area (Å²) in [4.78, 5) is 12.1. The Morgan fingerprint density at radius 1 is 1.25 bits per heavy atom. The third-order valence-electron chi connectivity index (χ3n) is 2.71. The maximum Gasteiger partial charge on any atom is 0.257 e. The summed E-state index contributed by atoms with van der Waals surface area (Å²) in [7, 11) is 0. The third-order valence-corrected chi connectivity index (χ3v) is 3.70. The lowest BCUT2D eigenvalue weighted by Crippen LogP contribution is -2.14. The number of carbonyl (C=O) groups excluding carboxylic acids is 1. The maximum absolute atomic E-state index is 13.3. The summed E-state index contributed by atoms with van der Waals surface area (Å²) in [5.74, 6) is -1.66. The first-order chi connectivity index (χ1) is 9.40. The molecule has 0 radical (unpaired) electrons. The normalized spacial score (nSPS) is 10.4. The van der Waals surface area contributed by atoms with Gasteiger partial charge in [0, 0.05) is 5.69 Å². The molecule has 0 atom stereocenters. The van der Waals surface area contributed by atoms with Gasteiger partial charge in [-0.05, 0) is 52.7 Å². The Hall–Kier alpha value is -1.46. The minimum Gasteiger partial charge on any atom is -0.322 e. The van der Waals surface area contributed by atoms with E-state index in [0.29, 0.717) is 11.3 Å². The highest BCUT2D eigenvalue weighted by atomic mass is 79.9. The number of amides is 1. The molecule has 104 valence electrons. The molecule has 0 bridgehead atoms. The lowest BCUT2D eigenvalue weighted by atomic mass is 10.1. The van der Waals surface area contributed by atoms with Gasteiger partial charge in [0.15, 0.2) is 0 Å². The molecule has 0 spiro atoms. The van der Waals surface area contributed by atoms with E-state index in [-0.39, 0.29) is 15.1 Å². The van der Waals surface area contributed by atoms with Crippen molar-refractivity contribution in [2.24, 2.45) is 0 Å². The molecule has 1 amide bonds. The van der Waals surface area contributed by atoms with E-state index in [1.165, 1.54) is 30.3 Å². The average molecular weight is 361 g/mol. The second kappa shape index (κ2) is 5.89. The van der Waals surface area contributed by atoms with Gasteiger partial charge in [-0.25, -0.2) is 8.78 Å². The molecule has 6 heteroatoms. The number of benzene rings is 2. The van der Waals surface area contributed by atoms with Crippen LogP contribution in [0.15, 0.2) is 34.8 Å². The van der Waals surface area contributed by atoms with Gasteiger partial charge in [0.2, 0.25) is 0 Å². The lowest BCUT2D eigenvalue weighted by molar-refractivity contribution is 0.102. The van der Waals surface area contributed by atoms with Gasteiger partial charge in [0.25, 0.3) is 5.91 Å². The Labute approximate surface area is 127 Å². The summed E-state index contributed by atoms with van der Waals surface area (Å²) >= 11 is 8.79. The fourth-order valence-electron chi connectivity index (χ4n) is 1.65. The summed E-state index contributed by atoms with van der Waals surface area (Å²) < 4.78 is 26.8. The van der Waals surface area contributed by atoms with Crippen molar-refractivity contribution in [3.05, 3.63) is 62.6 Å². The zero-order chi connectivity index (χ0) is 14.9. The van der Waals surface area contributed by atoms with Gasteiger partial charge in [0.1, 0.15) is 11.6 Å². The summed E-state index contributed by atoms with van der Waals surface area (Å²) in [5.41, 5.74) is 0.988. The number of aryl methyl sites for hydroxylation is 1. The molecule has 0 saturated carbocycles. The molecule has 2 aromatic carbocycles. The van der Waals surface area contributed by atoms with Crippen LogP contribution in [0.2, 0.25) is 5.02 Å². The number of halogens is 4. The highest BCUT2D eigenvalue weighted by molar-refractivity contribution is 9.10. The molecule has 2 rings (SSSR count). The van der Waals surface area contributed by atoms with E-state index in [1.807, 2.05) is 0 Å². The number of nitrogens with one attached hydrogen (secondary N) is 1. The van der Waals surface area contributed by atoms with E-state index >= 15 is 0 Å². The SMILES string of the molecule is Cc1cc(F)c(Br)cc1NC(=O)c1cccc(F)c1Cl. The van der Waals surface area contributed by atoms with E-state index in [2.05, 4.69) is 21.2 Å². The molecule has 0 aromatic heterocycles. The van der Waals surface area contributed by atoms with Crippen LogP contribution < -0.4 is 5.32 Å². The predicted molar refractivity (Wildman–Crippen MR) is 78.2 cm³/mol. The highest BCUT2D eigenvalue weighted by Crippen LogP contribution is 2.26. The van der Waals surface area contributed by atoms with Gasteiger partial charge >= 0.3 is 0 Å². The molecule has 2 nitrogen and oxygen atoms in total. The zero-order valence-corrected chi connectivity index (χ0v) is 12.6. The number of hydrogen-bond donors (Lipinski definition) is 1. The minimum atomic E-state index is -0.670. The monoisotopic (exact) mass is 359 g/mol. The van der Waals surface area contributed by atoms with Gasteiger partial charge in [-0.3, -0.25) is 4.79 Å². The quantitative estimate of drug-likeness (QED) is 0.807. The van der Waals surface area contributed by atoms with Crippen molar-refractivity contribution in [3.63, 3.8) is 0 Å². The van der Waals surface area contributed by atoms with Crippen LogP contribution in [-0.4, -0.2) is 5.91 Å². The number of rotatable bonds is 2. The Kier molecular flexibility index (Phi) is 4.40. The largest absolute Gasteiger partial charge is 0.322 e. The molecule has 2 aromatic rings. The lowest BCUT2D eigenvalue weighted by Gasteiger charge is -2.10. The predicted octanol–water partition coefficient (Wildman–Crippen LogP) is 4.94. The van der Waals surface area contributed by atoms with Crippen molar-refractivity contribution in [1.82, 2.24) is 0 Å². The molecule has 1 N–H and O–H groups in total. The van der Waals surface area contributed by atoms with Crippen LogP contribution in [-0.2, 0) is 0 Å². The molecule has 0 saturated heterocycles. The second-order valence-electron chi connectivity index (χ2n) is 4.14. The van der Waals surface area contributed by atoms with Gasteiger partial charge in [0.05, 0.1) is 15.1 Å². The standard InChI is InChI=1S/C14H9BrClF2NO/c1-7-5-11(18)9(15)6-12(7)19-14(20)8-3-2-4-10(17)13(8)16/h2-6H,1H3,(H,19,20). The fourth-order valence-corrected chi connectivity index (χ4v) is 2.20. The molecule has 0 aliphatic carbocycles. The Balaban J connectivity index is 2.33. The van der Waals surface area contributed by atoms with Crippen molar-refractivity contribution < 1.29 is 13.6 Å². The van der Waals surface area contributed by atoms with Crippen LogP contribution >= 0.6 is 27.5 Å². The minimum absolute atomic E-state index is 0.0199. The van der Waals surface area contributed by atoms with Gasteiger partial charge in [-0.15, -0.1) is 0 Å². The third kappa shape index (κ3) is 2.99. The van der Waals surface area contributed by atoms with Gasteiger partial charge in [-0.1, -0.05) is 17.7 Å². The number of hydrogen-bond acceptors (Lipinski definition) is 1. The van der Waals surface area contributed by atoms with Crippen molar-refractivity contribution in [3.8, 4) is 0 Å². The molecule has 0 fully saturated rings. The first-order valence-electron chi connectivity index (χ1n) is 5.61. The molecular formula is C14H9BrClF2NO. The number of carbonyl (C=O) groups is 1. The summed E-state index contributed by atoms with van der Waals surface area (Å²) in [6.45, 7) is 1.65. The molecule has 0 aliphatic heterocycles. The average Bonchev–Trinajstić information content (AvgIpc) is 2.39. The van der Waals surface area contributed by atoms with E-state index in [9.17, 15) is 13.6 Å². The van der Waals surface area contributed by atoms with Crippen molar-refractivity contribution in [2.75, 3.05) is 5.32 Å². The molecule has 0 aliphatic rings. The van der Waals surface area contributed by atoms with Crippen molar-refractivity contribution in [1.29, 1.82) is 0 Å². The molecular weight excluding hydrogens is 352 g/mol. The van der Waals surface area contributed by atoms with E-state index in [0.717, 1.165) is 0 Å². The summed E-state index contributed by atoms with van der Waals surface area (Å²) in [6.07, 6.45) is 0. The Morgan fingerprint density at radius 2 is 1.95 bits per heavy atom. The molecule has 0 unspecified atom stereocenters. The van der Waals surface area contributed by atoms with Crippen LogP contribution in [0.5, 0.6) is 0 Å². The second-order valence-corrected chi connectivity index (χ2v) is 5.37. The van der Waals surface area contributed by atoms with E-state index < -0.39 is 17.5 Å². The van der Waals surface area contributed by atoms with Gasteiger partial charge in [-0.2, -0.15) is 0 Å². The topological polar surface area (TPSA) is 29.1 Å². The summed E-state index contributed by atoms with van der Waals surface area (Å²) in [5, 5.41) is 2.33. The number of anilines is 1. The highest BCUT2D eigenvalue weighted by Gasteiger charge is 2.15. The Morgan fingerprint density at radius 3 is 2.65 bits per heavy atom. The van der Waals surface area contributed by atoms with Gasteiger partial charge < -0.3 is 5.32 Å². The molecule has 20 heavy (non-hydrogen) atoms. The molecule has 0 heterocycles. The van der Waals surface area contributed by atoms with Crippen LogP contribution in [0, 0.1) is 18.6 Å². The van der Waals surface area contributed by atoms with Crippen molar-refractivity contribution in [2.45, 2.75) is 6.92 Å². The van der Waals surface area contributed by atoms with Crippen LogP contribution in [0.25, 0.3) is 0 Å². The zero-order valence-electron chi connectivity index (χ0n) is 10.3. The van der Waals surface area contributed by atoms with Crippen molar-refractivity contribution >= 4 is 39.1 Å². The first kappa shape index (κ1) is 14.9. The first-order valence-corrected chi connectivity index (χ1v) is 6.78. The van der Waals surface area contributed by atoms with Crippen LogP contribution in [0.3, 0.4) is 0 Å². The summed E-state index contributed by atoms with van der Waals surface area (Å²) in [6, 6.07) is 6.69. The van der Waals surface area contributed by atoms with E-state index in [4.69, 9.17) is 11.6 Å². The maximum atomic E-state index is 13.3. The van der Waals surface area contributed by atoms with Crippen LogP contribution in [0.4, 0.5) is 14.5 Å². The van der Waals surface area contributed by atoms with Crippen LogP contribution in [0.1, 0.15) is 15.9 Å². The smallest absolute Gasteiger partial charge is 0.257 e. The fraction of sp³-hybridized carbons (Fsp3) is 0.0714. The Bertz CT molecular complexity index is 691. The van der Waals surface area contributed by atoms with E-state index in [1.54, 1.807) is 6.92 Å².